The summed E-state index contributed by atoms with van der Waals surface area (Å²) in [5.41, 5.74) is 0.759. The van der Waals surface area contributed by atoms with Gasteiger partial charge in [-0.25, -0.2) is 0 Å². The van der Waals surface area contributed by atoms with Crippen molar-refractivity contribution in [3.05, 3.63) is 47.7 Å². The van der Waals surface area contributed by atoms with E-state index in [-0.39, 0.29) is 11.4 Å². The number of aryl methyl sites for hydroxylation is 1. The molecular formula is C20H27N3O2. The van der Waals surface area contributed by atoms with Gasteiger partial charge >= 0.3 is 0 Å². The van der Waals surface area contributed by atoms with Crippen molar-refractivity contribution in [1.29, 1.82) is 0 Å². The summed E-state index contributed by atoms with van der Waals surface area (Å²) in [5, 5.41) is 11.4. The van der Waals surface area contributed by atoms with E-state index in [4.69, 9.17) is 4.42 Å². The molecule has 2 aromatic rings. The standard InChI is InChI=1S/C20H27N3O2/c1-3-20(2,16-11-5-4-6-12-16)21-17(24)13-14-18-22-23-19(25-18)15-9-7-8-10-15/h4-6,11-12,15H,3,7-10,13-14H2,1-2H3,(H,21,24)/t20-/m1/s1. The molecule has 1 aliphatic carbocycles. The molecule has 1 aromatic carbocycles. The summed E-state index contributed by atoms with van der Waals surface area (Å²) in [4.78, 5) is 12.4. The molecule has 134 valence electrons. The second-order valence-corrected chi connectivity index (χ2v) is 7.12. The first-order valence-corrected chi connectivity index (χ1v) is 9.29. The van der Waals surface area contributed by atoms with Crippen LogP contribution in [0.3, 0.4) is 0 Å². The minimum Gasteiger partial charge on any atom is -0.425 e. The van der Waals surface area contributed by atoms with Crippen molar-refractivity contribution in [2.75, 3.05) is 0 Å². The molecule has 0 saturated heterocycles. The molecule has 1 atom stereocenters. The van der Waals surface area contributed by atoms with Gasteiger partial charge in [-0.15, -0.1) is 10.2 Å². The molecule has 1 saturated carbocycles. The van der Waals surface area contributed by atoms with Crippen LogP contribution in [-0.2, 0) is 16.8 Å². The lowest BCUT2D eigenvalue weighted by atomic mass is 9.89. The van der Waals surface area contributed by atoms with E-state index in [0.29, 0.717) is 24.7 Å². The van der Waals surface area contributed by atoms with Crippen LogP contribution in [0.5, 0.6) is 0 Å². The third-order valence-corrected chi connectivity index (χ3v) is 5.29. The number of amides is 1. The number of rotatable bonds is 7. The van der Waals surface area contributed by atoms with Gasteiger partial charge in [0.05, 0.1) is 5.54 Å². The molecule has 5 nitrogen and oxygen atoms in total. The highest BCUT2D eigenvalue weighted by Gasteiger charge is 2.27. The molecule has 0 aliphatic heterocycles. The second kappa shape index (κ2) is 7.81. The van der Waals surface area contributed by atoms with Crippen LogP contribution in [0.15, 0.2) is 34.7 Å². The molecule has 0 unspecified atom stereocenters. The number of nitrogens with zero attached hydrogens (tertiary/aromatic N) is 2. The zero-order valence-corrected chi connectivity index (χ0v) is 15.1. The van der Waals surface area contributed by atoms with Crippen molar-refractivity contribution in [3.63, 3.8) is 0 Å². The van der Waals surface area contributed by atoms with Crippen molar-refractivity contribution in [2.24, 2.45) is 0 Å². The van der Waals surface area contributed by atoms with E-state index in [9.17, 15) is 4.79 Å². The van der Waals surface area contributed by atoms with E-state index in [2.05, 4.69) is 41.5 Å². The van der Waals surface area contributed by atoms with Gasteiger partial charge in [-0.1, -0.05) is 50.1 Å². The maximum atomic E-state index is 12.4. The van der Waals surface area contributed by atoms with Crippen molar-refractivity contribution in [1.82, 2.24) is 15.5 Å². The van der Waals surface area contributed by atoms with Gasteiger partial charge in [0.15, 0.2) is 0 Å². The van der Waals surface area contributed by atoms with Crippen LogP contribution in [0.2, 0.25) is 0 Å². The van der Waals surface area contributed by atoms with Gasteiger partial charge in [0.1, 0.15) is 0 Å². The van der Waals surface area contributed by atoms with Crippen LogP contribution in [0.1, 0.15) is 75.6 Å². The van der Waals surface area contributed by atoms with Crippen molar-refractivity contribution < 1.29 is 9.21 Å². The molecule has 0 bridgehead atoms. The van der Waals surface area contributed by atoms with Gasteiger partial charge < -0.3 is 9.73 Å². The molecule has 1 aliphatic rings. The fraction of sp³-hybridized carbons (Fsp3) is 0.550. The van der Waals surface area contributed by atoms with Crippen molar-refractivity contribution in [2.45, 2.75) is 70.3 Å². The number of hydrogen-bond acceptors (Lipinski definition) is 4. The number of benzene rings is 1. The lowest BCUT2D eigenvalue weighted by molar-refractivity contribution is -0.123. The number of aromatic nitrogens is 2. The summed E-state index contributed by atoms with van der Waals surface area (Å²) < 4.78 is 5.76. The Morgan fingerprint density at radius 3 is 2.64 bits per heavy atom. The van der Waals surface area contributed by atoms with Crippen LogP contribution in [0.4, 0.5) is 0 Å². The molecule has 3 rings (SSSR count). The fourth-order valence-corrected chi connectivity index (χ4v) is 3.47. The Bertz CT molecular complexity index is 692. The quantitative estimate of drug-likeness (QED) is 0.823. The number of carbonyl (C=O) groups excluding carboxylic acids is 1. The van der Waals surface area contributed by atoms with Crippen molar-refractivity contribution >= 4 is 5.91 Å². The zero-order chi connectivity index (χ0) is 17.7. The summed E-state index contributed by atoms with van der Waals surface area (Å²) in [6.45, 7) is 4.14. The minimum atomic E-state index is -0.359. The van der Waals surface area contributed by atoms with Crippen molar-refractivity contribution in [3.8, 4) is 0 Å². The molecule has 0 radical (unpaired) electrons. The third-order valence-electron chi connectivity index (χ3n) is 5.29. The Kier molecular flexibility index (Phi) is 5.51. The number of nitrogens with one attached hydrogen (secondary N) is 1. The van der Waals surface area contributed by atoms with E-state index in [0.717, 1.165) is 30.7 Å². The Morgan fingerprint density at radius 2 is 1.96 bits per heavy atom. The van der Waals surface area contributed by atoms with E-state index in [1.54, 1.807) is 0 Å². The molecule has 0 spiro atoms. The van der Waals surface area contributed by atoms with Crippen LogP contribution in [-0.4, -0.2) is 16.1 Å². The molecule has 5 heteroatoms. The van der Waals surface area contributed by atoms with Crippen LogP contribution in [0, 0.1) is 0 Å². The first kappa shape index (κ1) is 17.6. The largest absolute Gasteiger partial charge is 0.425 e. The molecular weight excluding hydrogens is 314 g/mol. The molecule has 1 fully saturated rings. The Hall–Kier alpha value is -2.17. The summed E-state index contributed by atoms with van der Waals surface area (Å²) in [6.07, 6.45) is 6.41. The molecule has 1 N–H and O–H groups in total. The molecule has 1 heterocycles. The monoisotopic (exact) mass is 341 g/mol. The lowest BCUT2D eigenvalue weighted by Crippen LogP contribution is -2.43. The predicted molar refractivity (Wildman–Crippen MR) is 96.1 cm³/mol. The summed E-state index contributed by atoms with van der Waals surface area (Å²) in [5.74, 6) is 1.73. The third kappa shape index (κ3) is 4.27. The SMILES string of the molecule is CC[C@@](C)(NC(=O)CCc1nnc(C2CCCC2)o1)c1ccccc1. The van der Waals surface area contributed by atoms with Crippen LogP contribution < -0.4 is 5.32 Å². The Balaban J connectivity index is 1.55. The normalized spacial score (nSPS) is 17.4. The zero-order valence-electron chi connectivity index (χ0n) is 15.1. The fourth-order valence-electron chi connectivity index (χ4n) is 3.47. The number of hydrogen-bond donors (Lipinski definition) is 1. The smallest absolute Gasteiger partial charge is 0.221 e. The molecule has 25 heavy (non-hydrogen) atoms. The second-order valence-electron chi connectivity index (χ2n) is 7.12. The van der Waals surface area contributed by atoms with E-state index >= 15 is 0 Å². The van der Waals surface area contributed by atoms with Gasteiger partial charge in [0.2, 0.25) is 17.7 Å². The van der Waals surface area contributed by atoms with Gasteiger partial charge in [-0.2, -0.15) is 0 Å². The average Bonchev–Trinajstić information content (AvgIpc) is 3.32. The van der Waals surface area contributed by atoms with E-state index < -0.39 is 0 Å². The van der Waals surface area contributed by atoms with Crippen LogP contribution in [0.25, 0.3) is 0 Å². The topological polar surface area (TPSA) is 68.0 Å². The highest BCUT2D eigenvalue weighted by Crippen LogP contribution is 2.33. The summed E-state index contributed by atoms with van der Waals surface area (Å²) in [6, 6.07) is 10.1. The first-order valence-electron chi connectivity index (χ1n) is 9.29. The maximum Gasteiger partial charge on any atom is 0.221 e. The van der Waals surface area contributed by atoms with Crippen LogP contribution >= 0.6 is 0 Å². The number of carbonyl (C=O) groups is 1. The van der Waals surface area contributed by atoms with Gasteiger partial charge in [0, 0.05) is 18.8 Å². The first-order chi connectivity index (χ1) is 12.1. The lowest BCUT2D eigenvalue weighted by Gasteiger charge is -2.30. The maximum absolute atomic E-state index is 12.4. The Morgan fingerprint density at radius 1 is 1.24 bits per heavy atom. The highest BCUT2D eigenvalue weighted by molar-refractivity contribution is 5.77. The van der Waals surface area contributed by atoms with E-state index in [1.165, 1.54) is 12.8 Å². The molecule has 1 aromatic heterocycles. The average molecular weight is 341 g/mol. The highest BCUT2D eigenvalue weighted by atomic mass is 16.4. The van der Waals surface area contributed by atoms with E-state index in [1.807, 2.05) is 18.2 Å². The Labute approximate surface area is 149 Å². The predicted octanol–water partition coefficient (Wildman–Crippen LogP) is 4.10. The summed E-state index contributed by atoms with van der Waals surface area (Å²) in [7, 11) is 0. The van der Waals surface area contributed by atoms with Gasteiger partial charge in [-0.3, -0.25) is 4.79 Å². The van der Waals surface area contributed by atoms with Gasteiger partial charge in [-0.05, 0) is 31.7 Å². The summed E-state index contributed by atoms with van der Waals surface area (Å²) >= 11 is 0. The van der Waals surface area contributed by atoms with Gasteiger partial charge in [0.25, 0.3) is 0 Å². The molecule has 1 amide bonds. The minimum absolute atomic E-state index is 0.00817.